The van der Waals surface area contributed by atoms with Gasteiger partial charge in [0.1, 0.15) is 23.6 Å². The Morgan fingerprint density at radius 2 is 2.03 bits per heavy atom. The molecule has 1 fully saturated rings. The summed E-state index contributed by atoms with van der Waals surface area (Å²) in [6, 6.07) is 16.2. The molecule has 0 aliphatic carbocycles. The van der Waals surface area contributed by atoms with Crippen molar-refractivity contribution in [1.82, 2.24) is 14.7 Å². The van der Waals surface area contributed by atoms with Crippen LogP contribution in [-0.4, -0.2) is 49.3 Å². The van der Waals surface area contributed by atoms with E-state index in [9.17, 15) is 0 Å². The average Bonchev–Trinajstić information content (AvgIpc) is 3.60. The van der Waals surface area contributed by atoms with Crippen LogP contribution >= 0.6 is 0 Å². The van der Waals surface area contributed by atoms with Gasteiger partial charge in [0, 0.05) is 30.6 Å². The van der Waals surface area contributed by atoms with Crippen LogP contribution in [0.5, 0.6) is 11.5 Å². The van der Waals surface area contributed by atoms with Crippen molar-refractivity contribution in [2.75, 3.05) is 44.8 Å². The van der Waals surface area contributed by atoms with Crippen molar-refractivity contribution < 1.29 is 9.47 Å². The maximum absolute atomic E-state index is 7.33. The summed E-state index contributed by atoms with van der Waals surface area (Å²) in [7, 11) is 2.09. The van der Waals surface area contributed by atoms with E-state index in [4.69, 9.17) is 16.0 Å². The van der Waals surface area contributed by atoms with Crippen molar-refractivity contribution in [1.29, 1.82) is 0 Å². The highest BCUT2D eigenvalue weighted by atomic mass is 16.5. The smallest absolute Gasteiger partial charge is 0.187 e. The fraction of sp³-hybridized carbons (Fsp3) is 0.286. The number of nitrogens with one attached hydrogen (secondary N) is 1. The Balaban J connectivity index is 1.52. The summed E-state index contributed by atoms with van der Waals surface area (Å²) in [6.45, 7) is 11.6. The maximum atomic E-state index is 7.33. The molecule has 0 spiro atoms. The molecule has 7 nitrogen and oxygen atoms in total. The number of hydrogen-bond acceptors (Lipinski definition) is 5. The predicted octanol–water partition coefficient (Wildman–Crippen LogP) is 5.04. The van der Waals surface area contributed by atoms with E-state index in [1.807, 2.05) is 42.9 Å². The van der Waals surface area contributed by atoms with Crippen LogP contribution in [0.15, 0.2) is 61.1 Å². The first-order chi connectivity index (χ1) is 17.2. The quantitative estimate of drug-likeness (QED) is 0.419. The number of ether oxygens (including phenoxy) is 2. The molecule has 0 bridgehead atoms. The minimum Gasteiger partial charge on any atom is -0.491 e. The molecule has 1 atom stereocenters. The molecule has 1 N–H and O–H groups in total. The standard InChI is InChI=1S/C28H27N5O2/c1-29-22-6-3-20(4-7-22)23-14-27(35-17-19-9-10-30-15-19)25-16-31-18-33(25)28(23)21-5-8-26-24(13-21)32(2)11-12-34-26/h3-8,13-14,16,18-19,30H,9-12,15,17H2,2H3/t19-/m1/s1. The summed E-state index contributed by atoms with van der Waals surface area (Å²) >= 11 is 0. The van der Waals surface area contributed by atoms with Gasteiger partial charge >= 0.3 is 0 Å². The molecule has 2 aromatic carbocycles. The van der Waals surface area contributed by atoms with Crippen LogP contribution in [0.1, 0.15) is 6.42 Å². The summed E-state index contributed by atoms with van der Waals surface area (Å²) in [6.07, 6.45) is 4.85. The summed E-state index contributed by atoms with van der Waals surface area (Å²) < 4.78 is 14.4. The highest BCUT2D eigenvalue weighted by Gasteiger charge is 2.22. The Hall–Kier alpha value is -4.02. The number of nitrogens with zero attached hydrogens (tertiary/aromatic N) is 4. The first kappa shape index (κ1) is 21.5. The van der Waals surface area contributed by atoms with Gasteiger partial charge in [-0.3, -0.25) is 4.40 Å². The van der Waals surface area contributed by atoms with Crippen LogP contribution in [0, 0.1) is 12.5 Å². The molecule has 2 aliphatic heterocycles. The molecule has 0 radical (unpaired) electrons. The molecule has 4 heterocycles. The highest BCUT2D eigenvalue weighted by molar-refractivity contribution is 5.88. The topological polar surface area (TPSA) is 55.4 Å². The largest absolute Gasteiger partial charge is 0.491 e. The minimum absolute atomic E-state index is 0.509. The third kappa shape index (κ3) is 3.96. The van der Waals surface area contributed by atoms with E-state index in [-0.39, 0.29) is 0 Å². The van der Waals surface area contributed by atoms with Gasteiger partial charge < -0.3 is 19.7 Å². The lowest BCUT2D eigenvalue weighted by atomic mass is 9.97. The lowest BCUT2D eigenvalue weighted by Gasteiger charge is -2.28. The van der Waals surface area contributed by atoms with Crippen molar-refractivity contribution in [3.8, 4) is 33.9 Å². The van der Waals surface area contributed by atoms with Crippen LogP contribution in [0.25, 0.3) is 32.7 Å². The van der Waals surface area contributed by atoms with Gasteiger partial charge in [-0.15, -0.1) is 0 Å². The van der Waals surface area contributed by atoms with Crippen molar-refractivity contribution in [3.05, 3.63) is 72.5 Å². The van der Waals surface area contributed by atoms with Crippen LogP contribution in [0.4, 0.5) is 11.4 Å². The van der Waals surface area contributed by atoms with Crippen molar-refractivity contribution in [2.45, 2.75) is 6.42 Å². The van der Waals surface area contributed by atoms with Crippen LogP contribution in [-0.2, 0) is 0 Å². The van der Waals surface area contributed by atoms with Crippen molar-refractivity contribution in [3.63, 3.8) is 0 Å². The number of anilines is 1. The maximum Gasteiger partial charge on any atom is 0.187 e. The number of aromatic nitrogens is 2. The zero-order valence-corrected chi connectivity index (χ0v) is 19.7. The second kappa shape index (κ2) is 8.97. The van der Waals surface area contributed by atoms with Gasteiger partial charge in [0.15, 0.2) is 5.69 Å². The first-order valence-electron chi connectivity index (χ1n) is 12.0. The van der Waals surface area contributed by atoms with E-state index in [0.717, 1.165) is 71.1 Å². The molecular weight excluding hydrogens is 438 g/mol. The second-order valence-electron chi connectivity index (χ2n) is 9.20. The van der Waals surface area contributed by atoms with Crippen LogP contribution in [0.2, 0.25) is 0 Å². The monoisotopic (exact) mass is 465 g/mol. The SMILES string of the molecule is [C-]#[N+]c1ccc(-c2cc(OC[C@@H]3CCNC3)c3cncn3c2-c2ccc3c(c2)N(C)CCO3)cc1. The fourth-order valence-corrected chi connectivity index (χ4v) is 4.97. The van der Waals surface area contributed by atoms with Crippen LogP contribution in [0.3, 0.4) is 0 Å². The fourth-order valence-electron chi connectivity index (χ4n) is 4.97. The van der Waals surface area contributed by atoms with Crippen molar-refractivity contribution >= 4 is 16.9 Å². The third-order valence-corrected chi connectivity index (χ3v) is 6.93. The first-order valence-corrected chi connectivity index (χ1v) is 12.0. The van der Waals surface area contributed by atoms with Gasteiger partial charge in [0.05, 0.1) is 43.6 Å². The molecule has 1 saturated heterocycles. The number of rotatable bonds is 5. The Labute approximate surface area is 204 Å². The summed E-state index contributed by atoms with van der Waals surface area (Å²) in [5.41, 5.74) is 6.80. The second-order valence-corrected chi connectivity index (χ2v) is 9.20. The van der Waals surface area contributed by atoms with Crippen molar-refractivity contribution in [2.24, 2.45) is 5.92 Å². The summed E-state index contributed by atoms with van der Waals surface area (Å²) in [5.74, 6) is 2.23. The number of pyridine rings is 1. The molecule has 176 valence electrons. The van der Waals surface area contributed by atoms with Gasteiger partial charge in [-0.05, 0) is 42.8 Å². The zero-order valence-electron chi connectivity index (χ0n) is 19.7. The molecular formula is C28H27N5O2. The lowest BCUT2D eigenvalue weighted by molar-refractivity contribution is 0.262. The van der Waals surface area contributed by atoms with Gasteiger partial charge in [0.25, 0.3) is 0 Å². The number of fused-ring (bicyclic) bond motifs is 2. The molecule has 4 aromatic rings. The molecule has 7 heteroatoms. The third-order valence-electron chi connectivity index (χ3n) is 6.93. The van der Waals surface area contributed by atoms with E-state index >= 15 is 0 Å². The lowest BCUT2D eigenvalue weighted by Crippen LogP contribution is -2.28. The van der Waals surface area contributed by atoms with Gasteiger partial charge in [-0.25, -0.2) is 9.83 Å². The Morgan fingerprint density at radius 3 is 2.83 bits per heavy atom. The Bertz CT molecular complexity index is 1410. The van der Waals surface area contributed by atoms with E-state index < -0.39 is 0 Å². The molecule has 0 saturated carbocycles. The molecule has 6 rings (SSSR count). The number of benzene rings is 2. The number of imidazole rings is 1. The predicted molar refractivity (Wildman–Crippen MR) is 138 cm³/mol. The van der Waals surface area contributed by atoms with Gasteiger partial charge in [-0.1, -0.05) is 24.3 Å². The molecule has 0 unspecified atom stereocenters. The van der Waals surface area contributed by atoms with E-state index in [0.29, 0.717) is 24.8 Å². The number of hydrogen-bond donors (Lipinski definition) is 1. The summed E-state index contributed by atoms with van der Waals surface area (Å²) in [5, 5.41) is 3.41. The van der Waals surface area contributed by atoms with Crippen LogP contribution < -0.4 is 19.7 Å². The zero-order chi connectivity index (χ0) is 23.8. The number of likely N-dealkylation sites (N-methyl/N-ethyl adjacent to an activating group) is 1. The van der Waals surface area contributed by atoms with Gasteiger partial charge in [-0.2, -0.15) is 0 Å². The molecule has 0 amide bonds. The minimum atomic E-state index is 0.509. The van der Waals surface area contributed by atoms with E-state index in [1.54, 1.807) is 0 Å². The normalized spacial score (nSPS) is 17.1. The van der Waals surface area contributed by atoms with E-state index in [2.05, 4.69) is 49.7 Å². The molecule has 2 aromatic heterocycles. The highest BCUT2D eigenvalue weighted by Crippen LogP contribution is 2.41. The van der Waals surface area contributed by atoms with E-state index in [1.165, 1.54) is 0 Å². The Morgan fingerprint density at radius 1 is 1.17 bits per heavy atom. The molecule has 2 aliphatic rings. The summed E-state index contributed by atoms with van der Waals surface area (Å²) in [4.78, 5) is 10.3. The van der Waals surface area contributed by atoms with Gasteiger partial charge in [0.2, 0.25) is 0 Å². The average molecular weight is 466 g/mol. The molecule has 35 heavy (non-hydrogen) atoms. The Kier molecular flexibility index (Phi) is 5.51.